The third-order valence-corrected chi connectivity index (χ3v) is 6.19. The predicted octanol–water partition coefficient (Wildman–Crippen LogP) is 2.37. The van der Waals surface area contributed by atoms with Gasteiger partial charge in [0.1, 0.15) is 5.60 Å². The number of hydrogen-bond donors (Lipinski definition) is 1. The lowest BCUT2D eigenvalue weighted by Crippen LogP contribution is -2.58. The first-order chi connectivity index (χ1) is 13.0. The Morgan fingerprint density at radius 3 is 2.41 bits per heavy atom. The SMILES string of the molecule is Cc1cccnc1C1(O)[C@H]2CCC[C@H]1CN(Cc1cnc(N(C)C)nc1)C2. The van der Waals surface area contributed by atoms with Gasteiger partial charge < -0.3 is 10.0 Å². The van der Waals surface area contributed by atoms with Crippen molar-refractivity contribution in [2.45, 2.75) is 38.3 Å². The number of fused-ring (bicyclic) bond motifs is 2. The fourth-order valence-corrected chi connectivity index (χ4v) is 4.88. The van der Waals surface area contributed by atoms with Crippen LogP contribution in [0.25, 0.3) is 0 Å². The Hall–Kier alpha value is -2.05. The highest BCUT2D eigenvalue weighted by Gasteiger charge is 2.52. The summed E-state index contributed by atoms with van der Waals surface area (Å²) in [7, 11) is 3.89. The summed E-state index contributed by atoms with van der Waals surface area (Å²) < 4.78 is 0. The topological polar surface area (TPSA) is 65.4 Å². The molecule has 4 rings (SSSR count). The lowest BCUT2D eigenvalue weighted by Gasteiger charge is -2.53. The molecule has 0 radical (unpaired) electrons. The van der Waals surface area contributed by atoms with E-state index in [1.807, 2.05) is 43.7 Å². The molecule has 27 heavy (non-hydrogen) atoms. The monoisotopic (exact) mass is 367 g/mol. The second-order valence-corrected chi connectivity index (χ2v) is 8.30. The molecular weight excluding hydrogens is 338 g/mol. The molecule has 1 N–H and O–H groups in total. The zero-order valence-corrected chi connectivity index (χ0v) is 16.5. The molecule has 0 unspecified atom stereocenters. The highest BCUT2D eigenvalue weighted by atomic mass is 16.3. The number of likely N-dealkylation sites (tertiary alicyclic amines) is 1. The molecule has 1 aliphatic heterocycles. The number of piperidine rings is 1. The number of aryl methyl sites for hydroxylation is 1. The number of pyridine rings is 1. The Morgan fingerprint density at radius 1 is 1.15 bits per heavy atom. The molecule has 2 bridgehead atoms. The summed E-state index contributed by atoms with van der Waals surface area (Å²) in [4.78, 5) is 17.8. The third-order valence-electron chi connectivity index (χ3n) is 6.19. The fourth-order valence-electron chi connectivity index (χ4n) is 4.88. The first-order valence-corrected chi connectivity index (χ1v) is 9.83. The molecule has 3 heterocycles. The Bertz CT molecular complexity index is 777. The molecule has 6 heteroatoms. The van der Waals surface area contributed by atoms with Gasteiger partial charge in [-0.15, -0.1) is 0 Å². The van der Waals surface area contributed by atoms with Crippen molar-refractivity contribution >= 4 is 5.95 Å². The minimum atomic E-state index is -0.800. The number of rotatable bonds is 4. The first-order valence-electron chi connectivity index (χ1n) is 9.83. The minimum absolute atomic E-state index is 0.223. The van der Waals surface area contributed by atoms with Crippen LogP contribution in [0.4, 0.5) is 5.95 Å². The van der Waals surface area contributed by atoms with Gasteiger partial charge in [0.15, 0.2) is 0 Å². The van der Waals surface area contributed by atoms with Crippen molar-refractivity contribution in [2.24, 2.45) is 11.8 Å². The molecule has 2 fully saturated rings. The molecule has 2 aromatic rings. The maximum Gasteiger partial charge on any atom is 0.224 e. The second-order valence-electron chi connectivity index (χ2n) is 8.30. The van der Waals surface area contributed by atoms with E-state index in [4.69, 9.17) is 0 Å². The maximum absolute atomic E-state index is 11.8. The van der Waals surface area contributed by atoms with Gasteiger partial charge in [0, 0.05) is 69.7 Å². The molecule has 2 aromatic heterocycles. The van der Waals surface area contributed by atoms with Crippen molar-refractivity contribution in [1.82, 2.24) is 19.9 Å². The smallest absolute Gasteiger partial charge is 0.224 e. The molecule has 144 valence electrons. The third kappa shape index (κ3) is 3.32. The van der Waals surface area contributed by atoms with Crippen LogP contribution in [0.3, 0.4) is 0 Å². The molecule has 2 aliphatic rings. The Morgan fingerprint density at radius 2 is 1.81 bits per heavy atom. The van der Waals surface area contributed by atoms with Crippen LogP contribution >= 0.6 is 0 Å². The Balaban J connectivity index is 1.54. The van der Waals surface area contributed by atoms with Crippen molar-refractivity contribution < 1.29 is 5.11 Å². The van der Waals surface area contributed by atoms with Crippen molar-refractivity contribution in [3.05, 3.63) is 47.5 Å². The van der Waals surface area contributed by atoms with Gasteiger partial charge in [-0.25, -0.2) is 9.97 Å². The second kappa shape index (κ2) is 7.17. The van der Waals surface area contributed by atoms with Gasteiger partial charge in [-0.05, 0) is 31.4 Å². The minimum Gasteiger partial charge on any atom is -0.383 e. The van der Waals surface area contributed by atoms with Crippen LogP contribution in [0.5, 0.6) is 0 Å². The summed E-state index contributed by atoms with van der Waals surface area (Å²) in [6.45, 7) is 4.67. The van der Waals surface area contributed by atoms with Crippen molar-refractivity contribution in [2.75, 3.05) is 32.1 Å². The zero-order valence-electron chi connectivity index (χ0n) is 16.5. The summed E-state index contributed by atoms with van der Waals surface area (Å²) in [5.41, 5.74) is 2.31. The van der Waals surface area contributed by atoms with Gasteiger partial charge in [0.25, 0.3) is 0 Å². The van der Waals surface area contributed by atoms with Gasteiger partial charge in [-0.1, -0.05) is 12.5 Å². The molecule has 0 amide bonds. The molecule has 6 nitrogen and oxygen atoms in total. The predicted molar refractivity (Wildman–Crippen MR) is 105 cm³/mol. The van der Waals surface area contributed by atoms with Crippen LogP contribution < -0.4 is 4.90 Å². The van der Waals surface area contributed by atoms with Crippen molar-refractivity contribution in [3.63, 3.8) is 0 Å². The molecule has 1 saturated heterocycles. The lowest BCUT2D eigenvalue weighted by atomic mass is 9.63. The number of aliphatic hydroxyl groups is 1. The Labute approximate surface area is 161 Å². The van der Waals surface area contributed by atoms with Crippen LogP contribution in [0.15, 0.2) is 30.7 Å². The first kappa shape index (κ1) is 18.3. The van der Waals surface area contributed by atoms with E-state index in [-0.39, 0.29) is 11.8 Å². The summed E-state index contributed by atoms with van der Waals surface area (Å²) >= 11 is 0. The molecule has 0 spiro atoms. The zero-order chi connectivity index (χ0) is 19.0. The van der Waals surface area contributed by atoms with E-state index in [0.29, 0.717) is 0 Å². The average Bonchev–Trinajstić information content (AvgIpc) is 2.63. The van der Waals surface area contributed by atoms with E-state index < -0.39 is 5.60 Å². The summed E-state index contributed by atoms with van der Waals surface area (Å²) in [5, 5.41) is 11.8. The van der Waals surface area contributed by atoms with Crippen LogP contribution in [0, 0.1) is 18.8 Å². The van der Waals surface area contributed by atoms with Crippen LogP contribution in [-0.2, 0) is 12.1 Å². The van der Waals surface area contributed by atoms with Crippen LogP contribution in [0.1, 0.15) is 36.1 Å². The maximum atomic E-state index is 11.8. The number of aromatic nitrogens is 3. The number of nitrogens with zero attached hydrogens (tertiary/aromatic N) is 5. The highest BCUT2D eigenvalue weighted by molar-refractivity contribution is 5.29. The summed E-state index contributed by atoms with van der Waals surface area (Å²) in [5.74, 6) is 1.18. The van der Waals surface area contributed by atoms with E-state index >= 15 is 0 Å². The standard InChI is InChI=1S/C21H29N5O/c1-15-6-5-9-22-19(15)21(27)17-7-4-8-18(21)14-26(13-17)12-16-10-23-20(24-11-16)25(2)3/h5-6,9-11,17-18,27H,4,7-8,12-14H2,1-3H3/t17-,18-/m0/s1. The van der Waals surface area contributed by atoms with E-state index in [1.165, 1.54) is 6.42 Å². The summed E-state index contributed by atoms with van der Waals surface area (Å²) in [6.07, 6.45) is 8.94. The molecule has 0 aromatic carbocycles. The highest BCUT2D eigenvalue weighted by Crippen LogP contribution is 2.49. The average molecular weight is 367 g/mol. The van der Waals surface area contributed by atoms with Crippen molar-refractivity contribution in [3.8, 4) is 0 Å². The van der Waals surface area contributed by atoms with Gasteiger partial charge in [-0.3, -0.25) is 9.88 Å². The van der Waals surface area contributed by atoms with E-state index in [9.17, 15) is 5.11 Å². The molecule has 1 aliphatic carbocycles. The van der Waals surface area contributed by atoms with Crippen LogP contribution in [0.2, 0.25) is 0 Å². The summed E-state index contributed by atoms with van der Waals surface area (Å²) in [6, 6.07) is 4.01. The van der Waals surface area contributed by atoms with Gasteiger partial charge >= 0.3 is 0 Å². The molecule has 2 atom stereocenters. The largest absolute Gasteiger partial charge is 0.383 e. The van der Waals surface area contributed by atoms with Gasteiger partial charge in [0.2, 0.25) is 5.95 Å². The van der Waals surface area contributed by atoms with Crippen LogP contribution in [-0.4, -0.2) is 52.1 Å². The molecule has 1 saturated carbocycles. The van der Waals surface area contributed by atoms with Gasteiger partial charge in [-0.2, -0.15) is 0 Å². The van der Waals surface area contributed by atoms with Gasteiger partial charge in [0.05, 0.1) is 5.69 Å². The van der Waals surface area contributed by atoms with Crippen molar-refractivity contribution in [1.29, 1.82) is 0 Å². The van der Waals surface area contributed by atoms with E-state index in [2.05, 4.69) is 32.8 Å². The Kier molecular flexibility index (Phi) is 4.86. The number of anilines is 1. The molecular formula is C21H29N5O. The normalized spacial score (nSPS) is 28.1. The number of hydrogen-bond acceptors (Lipinski definition) is 6. The quantitative estimate of drug-likeness (QED) is 0.895. The lowest BCUT2D eigenvalue weighted by molar-refractivity contribution is -0.151. The fraction of sp³-hybridized carbons (Fsp3) is 0.571. The van der Waals surface area contributed by atoms with E-state index in [0.717, 1.165) is 55.2 Å². The van der Waals surface area contributed by atoms with E-state index in [1.54, 1.807) is 0 Å².